The van der Waals surface area contributed by atoms with Crippen LogP contribution in [-0.4, -0.2) is 74.8 Å². The predicted molar refractivity (Wildman–Crippen MR) is 166 cm³/mol. The fourth-order valence-electron chi connectivity index (χ4n) is 5.70. The first-order chi connectivity index (χ1) is 21.5. The molecule has 1 aliphatic heterocycles. The molecule has 3 aromatic carbocycles. The molecule has 1 aliphatic carbocycles. The molecule has 7 N–H and O–H groups in total. The van der Waals surface area contributed by atoms with Gasteiger partial charge in [-0.3, -0.25) is 24.6 Å². The van der Waals surface area contributed by atoms with E-state index in [2.05, 4.69) is 10.0 Å². The van der Waals surface area contributed by atoms with Crippen molar-refractivity contribution < 1.29 is 27.6 Å². The number of sulfonamides is 1. The van der Waals surface area contributed by atoms with Gasteiger partial charge in [-0.2, -0.15) is 4.72 Å². The lowest BCUT2D eigenvalue weighted by atomic mass is 9.84. The minimum absolute atomic E-state index is 0.0337. The van der Waals surface area contributed by atoms with Crippen LogP contribution in [0.25, 0.3) is 0 Å². The Morgan fingerprint density at radius 1 is 0.911 bits per heavy atom. The summed E-state index contributed by atoms with van der Waals surface area (Å²) >= 11 is 0. The molecular weight excluding hydrogens is 596 g/mol. The fraction of sp³-hybridized carbons (Fsp3) is 0.281. The number of hydrogen-bond donors (Lipinski definition) is 5. The van der Waals surface area contributed by atoms with Crippen molar-refractivity contribution >= 4 is 39.2 Å². The molecule has 1 atom stereocenters. The summed E-state index contributed by atoms with van der Waals surface area (Å²) in [6.45, 7) is 1.17. The average Bonchev–Trinajstić information content (AvgIpc) is 3.05. The van der Waals surface area contributed by atoms with Crippen molar-refractivity contribution in [3.05, 3.63) is 100 Å². The SMILES string of the molecule is N=C(N)c1cccc(C[C@H](NS(=O)(=O)c2ccc3c(c2)C(=O)c2ccccc2C3=O)C(=O)N2CCC(C(=O)NCCN)CC2)c1. The van der Waals surface area contributed by atoms with Crippen LogP contribution < -0.4 is 21.5 Å². The van der Waals surface area contributed by atoms with E-state index in [0.29, 0.717) is 37.1 Å². The third-order valence-corrected chi connectivity index (χ3v) is 9.57. The van der Waals surface area contributed by atoms with Gasteiger partial charge in [0.1, 0.15) is 11.9 Å². The lowest BCUT2D eigenvalue weighted by Gasteiger charge is -2.34. The topological polar surface area (TPSA) is 206 Å². The molecule has 1 fully saturated rings. The van der Waals surface area contributed by atoms with Gasteiger partial charge in [-0.1, -0.05) is 42.5 Å². The summed E-state index contributed by atoms with van der Waals surface area (Å²) in [5, 5.41) is 10.5. The van der Waals surface area contributed by atoms with Crippen LogP contribution >= 0.6 is 0 Å². The van der Waals surface area contributed by atoms with Crippen LogP contribution in [-0.2, 0) is 26.0 Å². The van der Waals surface area contributed by atoms with Crippen molar-refractivity contribution in [2.45, 2.75) is 30.2 Å². The first-order valence-electron chi connectivity index (χ1n) is 14.5. The van der Waals surface area contributed by atoms with Gasteiger partial charge >= 0.3 is 0 Å². The number of nitrogens with two attached hydrogens (primary N) is 2. The number of nitrogen functional groups attached to an aromatic ring is 1. The Labute approximate surface area is 260 Å². The molecule has 1 saturated heterocycles. The van der Waals surface area contributed by atoms with E-state index in [0.717, 1.165) is 6.07 Å². The molecule has 2 amide bonds. The number of hydrogen-bond acceptors (Lipinski definition) is 8. The van der Waals surface area contributed by atoms with Crippen molar-refractivity contribution in [3.8, 4) is 0 Å². The first kappa shape index (κ1) is 31.7. The van der Waals surface area contributed by atoms with Gasteiger partial charge in [-0.05, 0) is 49.1 Å². The maximum Gasteiger partial charge on any atom is 0.241 e. The molecule has 1 heterocycles. The Balaban J connectivity index is 1.41. The van der Waals surface area contributed by atoms with Gasteiger partial charge in [0.2, 0.25) is 21.8 Å². The molecular formula is C32H34N6O6S. The quantitative estimate of drug-likeness (QED) is 0.126. The second kappa shape index (κ2) is 13.1. The molecule has 13 heteroatoms. The van der Waals surface area contributed by atoms with Crippen molar-refractivity contribution in [3.63, 3.8) is 0 Å². The molecule has 5 rings (SSSR count). The first-order valence-corrected chi connectivity index (χ1v) is 16.0. The predicted octanol–water partition coefficient (Wildman–Crippen LogP) is 0.949. The third-order valence-electron chi connectivity index (χ3n) is 8.10. The van der Waals surface area contributed by atoms with Crippen molar-refractivity contribution in [1.82, 2.24) is 14.9 Å². The number of nitrogens with one attached hydrogen (secondary N) is 3. The van der Waals surface area contributed by atoms with Crippen LogP contribution in [0.3, 0.4) is 0 Å². The molecule has 0 aromatic heterocycles. The Kier molecular flexibility index (Phi) is 9.23. The van der Waals surface area contributed by atoms with Gasteiger partial charge in [-0.15, -0.1) is 0 Å². The summed E-state index contributed by atoms with van der Waals surface area (Å²) in [6, 6.07) is 15.4. The zero-order valence-electron chi connectivity index (χ0n) is 24.4. The minimum atomic E-state index is -4.38. The number of likely N-dealkylation sites (tertiary alicyclic amines) is 1. The van der Waals surface area contributed by atoms with E-state index in [1.54, 1.807) is 42.5 Å². The number of ketones is 2. The van der Waals surface area contributed by atoms with Crippen LogP contribution in [0.5, 0.6) is 0 Å². The number of nitrogens with zero attached hydrogens (tertiary/aromatic N) is 1. The highest BCUT2D eigenvalue weighted by Gasteiger charge is 2.35. The number of piperidine rings is 1. The summed E-state index contributed by atoms with van der Waals surface area (Å²) in [7, 11) is -4.38. The van der Waals surface area contributed by atoms with E-state index in [1.807, 2.05) is 0 Å². The van der Waals surface area contributed by atoms with Crippen LogP contribution in [0.2, 0.25) is 0 Å². The summed E-state index contributed by atoms with van der Waals surface area (Å²) in [5.41, 5.74) is 12.6. The molecule has 0 bridgehead atoms. The summed E-state index contributed by atoms with van der Waals surface area (Å²) < 4.78 is 30.0. The van der Waals surface area contributed by atoms with E-state index in [9.17, 15) is 27.6 Å². The molecule has 0 radical (unpaired) electrons. The molecule has 45 heavy (non-hydrogen) atoms. The summed E-state index contributed by atoms with van der Waals surface area (Å²) in [5.74, 6) is -1.92. The molecule has 12 nitrogen and oxygen atoms in total. The lowest BCUT2D eigenvalue weighted by molar-refractivity contribution is -0.137. The van der Waals surface area contributed by atoms with Gasteiger partial charge in [0.15, 0.2) is 11.6 Å². The van der Waals surface area contributed by atoms with E-state index < -0.39 is 27.8 Å². The zero-order valence-corrected chi connectivity index (χ0v) is 25.2. The van der Waals surface area contributed by atoms with Crippen LogP contribution in [0.4, 0.5) is 0 Å². The lowest BCUT2D eigenvalue weighted by Crippen LogP contribution is -2.52. The Hall–Kier alpha value is -4.72. The highest BCUT2D eigenvalue weighted by molar-refractivity contribution is 7.89. The van der Waals surface area contributed by atoms with Crippen molar-refractivity contribution in [1.29, 1.82) is 5.41 Å². The normalized spacial score (nSPS) is 15.6. The summed E-state index contributed by atoms with van der Waals surface area (Å²) in [6.07, 6.45) is 0.763. The maximum absolute atomic E-state index is 13.9. The number of benzene rings is 3. The Bertz CT molecular complexity index is 1800. The standard InChI is InChI=1S/C32H34N6O6S/c33-12-13-36-31(41)20-10-14-38(15-11-20)32(42)27(17-19-4-3-5-21(16-19)30(34)35)37-45(43,44)22-8-9-25-26(18-22)29(40)24-7-2-1-6-23(24)28(25)39/h1-9,16,18,20,27,37H,10-15,17,33H2,(H3,34,35)(H,36,41)/t27-/m0/s1. The molecule has 2 aliphatic rings. The molecule has 0 unspecified atom stereocenters. The van der Waals surface area contributed by atoms with Gasteiger partial charge < -0.3 is 21.7 Å². The Morgan fingerprint density at radius 2 is 1.56 bits per heavy atom. The molecule has 0 spiro atoms. The average molecular weight is 631 g/mol. The minimum Gasteiger partial charge on any atom is -0.384 e. The number of carbonyl (C=O) groups excluding carboxylic acids is 4. The second-order valence-corrected chi connectivity index (χ2v) is 12.8. The third kappa shape index (κ3) is 6.70. The smallest absolute Gasteiger partial charge is 0.241 e. The van der Waals surface area contributed by atoms with Gasteiger partial charge in [0, 0.05) is 59.9 Å². The van der Waals surface area contributed by atoms with Gasteiger partial charge in [-0.25, -0.2) is 8.42 Å². The van der Waals surface area contributed by atoms with E-state index in [1.165, 1.54) is 23.1 Å². The van der Waals surface area contributed by atoms with Gasteiger partial charge in [0.25, 0.3) is 0 Å². The van der Waals surface area contributed by atoms with Crippen LogP contribution in [0, 0.1) is 11.3 Å². The maximum atomic E-state index is 13.9. The highest BCUT2D eigenvalue weighted by atomic mass is 32.2. The number of carbonyl (C=O) groups is 4. The summed E-state index contributed by atoms with van der Waals surface area (Å²) in [4.78, 5) is 53.8. The largest absolute Gasteiger partial charge is 0.384 e. The molecule has 3 aromatic rings. The van der Waals surface area contributed by atoms with E-state index >= 15 is 0 Å². The Morgan fingerprint density at radius 3 is 2.20 bits per heavy atom. The monoisotopic (exact) mass is 630 g/mol. The van der Waals surface area contributed by atoms with E-state index in [-0.39, 0.29) is 70.1 Å². The number of amides is 2. The highest BCUT2D eigenvalue weighted by Crippen LogP contribution is 2.29. The fourth-order valence-corrected chi connectivity index (χ4v) is 6.92. The molecule has 234 valence electrons. The molecule has 0 saturated carbocycles. The van der Waals surface area contributed by atoms with Crippen LogP contribution in [0.15, 0.2) is 71.6 Å². The number of amidine groups is 1. The number of rotatable bonds is 10. The second-order valence-electron chi connectivity index (χ2n) is 11.1. The number of fused-ring (bicyclic) bond motifs is 2. The van der Waals surface area contributed by atoms with Gasteiger partial charge in [0.05, 0.1) is 4.90 Å². The van der Waals surface area contributed by atoms with E-state index in [4.69, 9.17) is 16.9 Å². The van der Waals surface area contributed by atoms with Crippen molar-refractivity contribution in [2.75, 3.05) is 26.2 Å². The zero-order chi connectivity index (χ0) is 32.3. The van der Waals surface area contributed by atoms with Crippen molar-refractivity contribution in [2.24, 2.45) is 17.4 Å². The van der Waals surface area contributed by atoms with Crippen LogP contribution in [0.1, 0.15) is 55.8 Å².